The molecule has 0 aromatic carbocycles. The summed E-state index contributed by atoms with van der Waals surface area (Å²) < 4.78 is 0.656. The van der Waals surface area contributed by atoms with Gasteiger partial charge in [0.25, 0.3) is 0 Å². The third kappa shape index (κ3) is 4.96. The molecular formula is C11H12BrN3O3. The Hall–Kier alpha value is -1.89. The smallest absolute Gasteiger partial charge is 0.335 e. The lowest BCUT2D eigenvalue weighted by Crippen LogP contribution is -2.35. The van der Waals surface area contributed by atoms with Crippen LogP contribution >= 0.6 is 15.9 Å². The summed E-state index contributed by atoms with van der Waals surface area (Å²) >= 11 is 3.11. The van der Waals surface area contributed by atoms with E-state index in [0.717, 1.165) is 0 Å². The van der Waals surface area contributed by atoms with Gasteiger partial charge in [-0.3, -0.25) is 4.98 Å². The van der Waals surface area contributed by atoms with E-state index in [9.17, 15) is 9.59 Å². The topological polar surface area (TPSA) is 91.3 Å². The lowest BCUT2D eigenvalue weighted by molar-refractivity contribution is 0.0696. The van der Waals surface area contributed by atoms with Crippen LogP contribution in [-0.2, 0) is 6.54 Å². The first-order chi connectivity index (χ1) is 8.49. The molecule has 0 fully saturated rings. The summed E-state index contributed by atoms with van der Waals surface area (Å²) in [5.74, 6) is -1.03. The minimum absolute atomic E-state index is 0.135. The molecule has 96 valence electrons. The lowest BCUT2D eigenvalue weighted by atomic mass is 10.2. The van der Waals surface area contributed by atoms with Gasteiger partial charge in [0, 0.05) is 10.7 Å². The highest BCUT2D eigenvalue weighted by molar-refractivity contribution is 9.11. The third-order valence-corrected chi connectivity index (χ3v) is 2.21. The Morgan fingerprint density at radius 3 is 2.78 bits per heavy atom. The van der Waals surface area contributed by atoms with Crippen molar-refractivity contribution in [1.29, 1.82) is 0 Å². The molecule has 0 radical (unpaired) electrons. The second-order valence-corrected chi connectivity index (χ2v) is 4.52. The summed E-state index contributed by atoms with van der Waals surface area (Å²) in [5, 5.41) is 13.9. The van der Waals surface area contributed by atoms with Crippen molar-refractivity contribution in [2.24, 2.45) is 0 Å². The molecule has 0 spiro atoms. The van der Waals surface area contributed by atoms with Gasteiger partial charge in [-0.15, -0.1) is 0 Å². The maximum absolute atomic E-state index is 11.3. The van der Waals surface area contributed by atoms with E-state index in [0.29, 0.717) is 16.7 Å². The second kappa shape index (κ2) is 6.75. The fourth-order valence-electron chi connectivity index (χ4n) is 1.12. The van der Waals surface area contributed by atoms with E-state index in [-0.39, 0.29) is 18.1 Å². The summed E-state index contributed by atoms with van der Waals surface area (Å²) in [4.78, 5) is 26.0. The number of halogens is 1. The minimum atomic E-state index is -1.03. The van der Waals surface area contributed by atoms with E-state index >= 15 is 0 Å². The normalized spacial score (nSPS) is 9.61. The number of aromatic carboxylic acids is 1. The molecule has 2 amide bonds. The Morgan fingerprint density at radius 2 is 2.17 bits per heavy atom. The van der Waals surface area contributed by atoms with Crippen LogP contribution in [-0.4, -0.2) is 28.6 Å². The van der Waals surface area contributed by atoms with Crippen LogP contribution in [0.5, 0.6) is 0 Å². The van der Waals surface area contributed by atoms with Crippen LogP contribution in [0, 0.1) is 0 Å². The van der Waals surface area contributed by atoms with E-state index in [1.54, 1.807) is 0 Å². The maximum Gasteiger partial charge on any atom is 0.335 e. The summed E-state index contributed by atoms with van der Waals surface area (Å²) in [5.41, 5.74) is 0.610. The Kier molecular flexibility index (Phi) is 5.31. The molecule has 0 aliphatic rings. The molecule has 0 saturated carbocycles. The quantitative estimate of drug-likeness (QED) is 0.768. The van der Waals surface area contributed by atoms with Crippen LogP contribution in [0.3, 0.4) is 0 Å². The van der Waals surface area contributed by atoms with Crippen molar-refractivity contribution >= 4 is 27.9 Å². The van der Waals surface area contributed by atoms with Crippen molar-refractivity contribution in [2.75, 3.05) is 6.54 Å². The van der Waals surface area contributed by atoms with Crippen LogP contribution in [0.2, 0.25) is 0 Å². The van der Waals surface area contributed by atoms with Crippen molar-refractivity contribution in [3.63, 3.8) is 0 Å². The number of pyridine rings is 1. The van der Waals surface area contributed by atoms with Crippen molar-refractivity contribution in [1.82, 2.24) is 15.6 Å². The van der Waals surface area contributed by atoms with Gasteiger partial charge in [-0.25, -0.2) is 9.59 Å². The number of carbonyl (C=O) groups excluding carboxylic acids is 1. The standard InChI is InChI=1S/C11H12BrN3O3/c1-7(12)5-14-11(18)15-6-9-4-8(10(16)17)2-3-13-9/h2-4H,1,5-6H2,(H,16,17)(H2,14,15,18). The molecule has 7 heteroatoms. The minimum Gasteiger partial charge on any atom is -0.478 e. The first-order valence-corrected chi connectivity index (χ1v) is 5.81. The van der Waals surface area contributed by atoms with E-state index in [4.69, 9.17) is 5.11 Å². The van der Waals surface area contributed by atoms with Gasteiger partial charge in [0.1, 0.15) is 0 Å². The molecule has 0 atom stereocenters. The SMILES string of the molecule is C=C(Br)CNC(=O)NCc1cc(C(=O)O)ccn1. The summed E-state index contributed by atoms with van der Waals surface area (Å²) in [6, 6.07) is 2.42. The molecule has 18 heavy (non-hydrogen) atoms. The number of carboxylic acid groups (broad SMARTS) is 1. The number of nitrogens with one attached hydrogen (secondary N) is 2. The maximum atomic E-state index is 11.3. The van der Waals surface area contributed by atoms with Crippen LogP contribution in [0.25, 0.3) is 0 Å². The molecule has 1 rings (SSSR count). The van der Waals surface area contributed by atoms with Crippen LogP contribution in [0.15, 0.2) is 29.4 Å². The average molecular weight is 314 g/mol. The molecule has 3 N–H and O–H groups in total. The molecular weight excluding hydrogens is 302 g/mol. The number of rotatable bonds is 5. The van der Waals surface area contributed by atoms with Crippen LogP contribution in [0.4, 0.5) is 4.79 Å². The predicted octanol–water partition coefficient (Wildman–Crippen LogP) is 1.49. The first-order valence-electron chi connectivity index (χ1n) is 5.02. The van der Waals surface area contributed by atoms with Gasteiger partial charge in [0.15, 0.2) is 0 Å². The Labute approximate surface area is 112 Å². The molecule has 6 nitrogen and oxygen atoms in total. The number of amides is 2. The fourth-order valence-corrected chi connectivity index (χ4v) is 1.26. The number of aromatic nitrogens is 1. The zero-order valence-electron chi connectivity index (χ0n) is 9.44. The molecule has 1 aromatic heterocycles. The average Bonchev–Trinajstić information content (AvgIpc) is 2.34. The molecule has 1 aromatic rings. The summed E-state index contributed by atoms with van der Waals surface area (Å²) in [6.45, 7) is 4.04. The molecule has 0 saturated heterocycles. The van der Waals surface area contributed by atoms with Gasteiger partial charge in [-0.1, -0.05) is 22.5 Å². The zero-order chi connectivity index (χ0) is 13.5. The fraction of sp³-hybridized carbons (Fsp3) is 0.182. The van der Waals surface area contributed by atoms with Gasteiger partial charge in [-0.2, -0.15) is 0 Å². The number of carboxylic acids is 1. The van der Waals surface area contributed by atoms with E-state index in [1.165, 1.54) is 18.3 Å². The van der Waals surface area contributed by atoms with Gasteiger partial charge in [0.2, 0.25) is 0 Å². The monoisotopic (exact) mass is 313 g/mol. The van der Waals surface area contributed by atoms with Gasteiger partial charge < -0.3 is 15.7 Å². The van der Waals surface area contributed by atoms with E-state index < -0.39 is 5.97 Å². The number of hydrogen-bond acceptors (Lipinski definition) is 3. The summed E-state index contributed by atoms with van der Waals surface area (Å²) in [7, 11) is 0. The highest BCUT2D eigenvalue weighted by atomic mass is 79.9. The molecule has 0 aliphatic carbocycles. The van der Waals surface area contributed by atoms with Crippen LogP contribution < -0.4 is 10.6 Å². The van der Waals surface area contributed by atoms with Gasteiger partial charge in [0.05, 0.1) is 24.3 Å². The highest BCUT2D eigenvalue weighted by Gasteiger charge is 2.05. The number of urea groups is 1. The Balaban J connectivity index is 2.48. The second-order valence-electron chi connectivity index (χ2n) is 3.39. The van der Waals surface area contributed by atoms with Crippen LogP contribution in [0.1, 0.15) is 16.1 Å². The molecule has 0 aliphatic heterocycles. The zero-order valence-corrected chi connectivity index (χ0v) is 11.0. The number of carbonyl (C=O) groups is 2. The van der Waals surface area contributed by atoms with Crippen molar-refractivity contribution in [3.8, 4) is 0 Å². The Morgan fingerprint density at radius 1 is 1.44 bits per heavy atom. The number of hydrogen-bond donors (Lipinski definition) is 3. The Bertz CT molecular complexity index is 476. The molecule has 0 unspecified atom stereocenters. The van der Waals surface area contributed by atoms with Crippen molar-refractivity contribution in [3.05, 3.63) is 40.6 Å². The highest BCUT2D eigenvalue weighted by Crippen LogP contribution is 2.01. The lowest BCUT2D eigenvalue weighted by Gasteiger charge is -2.06. The first kappa shape index (κ1) is 14.2. The summed E-state index contributed by atoms with van der Waals surface area (Å²) in [6.07, 6.45) is 1.39. The van der Waals surface area contributed by atoms with Crippen molar-refractivity contribution < 1.29 is 14.7 Å². The van der Waals surface area contributed by atoms with Gasteiger partial charge >= 0.3 is 12.0 Å². The van der Waals surface area contributed by atoms with E-state index in [2.05, 4.69) is 38.1 Å². The largest absolute Gasteiger partial charge is 0.478 e. The van der Waals surface area contributed by atoms with E-state index in [1.807, 2.05) is 0 Å². The molecule has 1 heterocycles. The predicted molar refractivity (Wildman–Crippen MR) is 69.5 cm³/mol. The number of nitrogens with zero attached hydrogens (tertiary/aromatic N) is 1. The van der Waals surface area contributed by atoms with Crippen molar-refractivity contribution in [2.45, 2.75) is 6.54 Å². The molecule has 0 bridgehead atoms. The third-order valence-electron chi connectivity index (χ3n) is 1.93. The van der Waals surface area contributed by atoms with Gasteiger partial charge in [-0.05, 0) is 12.1 Å².